The molecule has 0 spiro atoms. The van der Waals surface area contributed by atoms with Gasteiger partial charge in [0.15, 0.2) is 0 Å². The van der Waals surface area contributed by atoms with Gasteiger partial charge in [0, 0.05) is 45.3 Å². The largest absolute Gasteiger partial charge is 0.481 e. The highest BCUT2D eigenvalue weighted by Gasteiger charge is 2.34. The van der Waals surface area contributed by atoms with Crippen LogP contribution < -0.4 is 0 Å². The Hall–Kier alpha value is -1.30. The Morgan fingerprint density at radius 2 is 1.80 bits per heavy atom. The topological polar surface area (TPSA) is 64.1 Å². The third-order valence-electron chi connectivity index (χ3n) is 4.61. The number of carbonyl (C=O) groups is 2. The van der Waals surface area contributed by atoms with Crippen LogP contribution in [0.2, 0.25) is 0 Å². The normalized spacial score (nSPS) is 25.8. The van der Waals surface area contributed by atoms with E-state index in [9.17, 15) is 9.59 Å². The number of carbonyl (C=O) groups excluding carboxylic acids is 1. The Labute approximate surface area is 120 Å². The number of hydrogen-bond donors (Lipinski definition) is 1. The van der Waals surface area contributed by atoms with Crippen LogP contribution in [-0.4, -0.2) is 77.1 Å². The van der Waals surface area contributed by atoms with E-state index in [1.54, 1.807) is 4.90 Å². The molecule has 0 aromatic heterocycles. The molecule has 2 rings (SSSR count). The lowest BCUT2D eigenvalue weighted by Crippen LogP contribution is -2.54. The first-order valence-electron chi connectivity index (χ1n) is 7.53. The van der Waals surface area contributed by atoms with E-state index in [1.807, 2.05) is 4.90 Å². The Balaban J connectivity index is 1.82. The lowest BCUT2D eigenvalue weighted by molar-refractivity contribution is -0.141. The first-order valence-corrected chi connectivity index (χ1v) is 7.53. The van der Waals surface area contributed by atoms with E-state index < -0.39 is 5.97 Å². The van der Waals surface area contributed by atoms with Gasteiger partial charge in [-0.25, -0.2) is 4.79 Å². The number of urea groups is 1. The van der Waals surface area contributed by atoms with Crippen LogP contribution in [0.1, 0.15) is 26.7 Å². The fourth-order valence-electron chi connectivity index (χ4n) is 2.95. The van der Waals surface area contributed by atoms with Crippen LogP contribution in [0.5, 0.6) is 0 Å². The summed E-state index contributed by atoms with van der Waals surface area (Å²) in [7, 11) is 0. The maximum atomic E-state index is 12.4. The van der Waals surface area contributed by atoms with E-state index in [4.69, 9.17) is 5.11 Å². The summed E-state index contributed by atoms with van der Waals surface area (Å²) in [5, 5.41) is 8.99. The molecule has 0 radical (unpaired) electrons. The number of aliphatic carboxylic acids is 1. The van der Waals surface area contributed by atoms with Crippen LogP contribution in [0.25, 0.3) is 0 Å². The number of nitrogens with zero attached hydrogens (tertiary/aromatic N) is 3. The predicted molar refractivity (Wildman–Crippen MR) is 75.6 cm³/mol. The molecule has 2 unspecified atom stereocenters. The summed E-state index contributed by atoms with van der Waals surface area (Å²) in [6.45, 7) is 8.65. The van der Waals surface area contributed by atoms with E-state index in [2.05, 4.69) is 18.7 Å². The maximum Gasteiger partial charge on any atom is 0.320 e. The lowest BCUT2D eigenvalue weighted by atomic mass is 10.1. The molecule has 0 aliphatic carbocycles. The molecule has 0 aromatic rings. The Kier molecular flexibility index (Phi) is 4.86. The molecule has 2 aliphatic rings. The third kappa shape index (κ3) is 3.23. The second kappa shape index (κ2) is 6.43. The summed E-state index contributed by atoms with van der Waals surface area (Å²) in [5.74, 6) is -1.18. The van der Waals surface area contributed by atoms with Crippen molar-refractivity contribution in [2.75, 3.05) is 39.3 Å². The molecular weight excluding hydrogens is 258 g/mol. The molecule has 2 heterocycles. The van der Waals surface area contributed by atoms with Gasteiger partial charge in [-0.2, -0.15) is 0 Å². The maximum absolute atomic E-state index is 12.4. The Morgan fingerprint density at radius 1 is 1.15 bits per heavy atom. The van der Waals surface area contributed by atoms with E-state index in [1.165, 1.54) is 0 Å². The monoisotopic (exact) mass is 283 g/mol. The SMILES string of the molecule is CCC(C)N1CCN(C(=O)N2CCC(C(=O)O)C2)CC1. The molecule has 0 saturated carbocycles. The van der Waals surface area contributed by atoms with E-state index in [0.717, 1.165) is 32.6 Å². The number of hydrogen-bond acceptors (Lipinski definition) is 3. The molecule has 2 saturated heterocycles. The number of amides is 2. The van der Waals surface area contributed by atoms with E-state index in [0.29, 0.717) is 25.6 Å². The van der Waals surface area contributed by atoms with Gasteiger partial charge >= 0.3 is 12.0 Å². The zero-order chi connectivity index (χ0) is 14.7. The van der Waals surface area contributed by atoms with Crippen LogP contribution in [-0.2, 0) is 4.79 Å². The van der Waals surface area contributed by atoms with Crippen molar-refractivity contribution in [1.82, 2.24) is 14.7 Å². The second-order valence-electron chi connectivity index (χ2n) is 5.83. The number of carboxylic acid groups (broad SMARTS) is 1. The van der Waals surface area contributed by atoms with Crippen molar-refractivity contribution in [3.8, 4) is 0 Å². The number of carboxylic acids is 1. The van der Waals surface area contributed by atoms with Gasteiger partial charge in [-0.1, -0.05) is 6.92 Å². The van der Waals surface area contributed by atoms with E-state index >= 15 is 0 Å². The Morgan fingerprint density at radius 3 is 2.30 bits per heavy atom. The summed E-state index contributed by atoms with van der Waals surface area (Å²) in [6.07, 6.45) is 1.70. The molecule has 6 heteroatoms. The Bertz CT molecular complexity index is 367. The molecule has 2 fully saturated rings. The highest BCUT2D eigenvalue weighted by Crippen LogP contribution is 2.19. The minimum atomic E-state index is -0.790. The van der Waals surface area contributed by atoms with Crippen molar-refractivity contribution in [2.45, 2.75) is 32.7 Å². The minimum Gasteiger partial charge on any atom is -0.481 e. The fraction of sp³-hybridized carbons (Fsp3) is 0.857. The van der Waals surface area contributed by atoms with Crippen LogP contribution >= 0.6 is 0 Å². The lowest BCUT2D eigenvalue weighted by Gasteiger charge is -2.39. The molecule has 2 amide bonds. The van der Waals surface area contributed by atoms with Crippen LogP contribution in [0.15, 0.2) is 0 Å². The highest BCUT2D eigenvalue weighted by atomic mass is 16.4. The molecule has 2 atom stereocenters. The van der Waals surface area contributed by atoms with Crippen molar-refractivity contribution in [1.29, 1.82) is 0 Å². The zero-order valence-corrected chi connectivity index (χ0v) is 12.4. The average Bonchev–Trinajstić information content (AvgIpc) is 2.96. The number of likely N-dealkylation sites (tertiary alicyclic amines) is 1. The summed E-state index contributed by atoms with van der Waals surface area (Å²) in [6, 6.07) is 0.577. The molecule has 20 heavy (non-hydrogen) atoms. The van der Waals surface area contributed by atoms with Gasteiger partial charge in [0.2, 0.25) is 0 Å². The van der Waals surface area contributed by atoms with Gasteiger partial charge < -0.3 is 14.9 Å². The first-order chi connectivity index (χ1) is 9.52. The number of rotatable bonds is 3. The van der Waals surface area contributed by atoms with Crippen LogP contribution in [0.3, 0.4) is 0 Å². The summed E-state index contributed by atoms with van der Waals surface area (Å²) < 4.78 is 0. The van der Waals surface area contributed by atoms with Gasteiger partial charge in [0.05, 0.1) is 5.92 Å². The van der Waals surface area contributed by atoms with Crippen molar-refractivity contribution in [2.24, 2.45) is 5.92 Å². The molecule has 2 aliphatic heterocycles. The quantitative estimate of drug-likeness (QED) is 0.837. The predicted octanol–water partition coefficient (Wildman–Crippen LogP) is 0.929. The van der Waals surface area contributed by atoms with Crippen molar-refractivity contribution < 1.29 is 14.7 Å². The second-order valence-corrected chi connectivity index (χ2v) is 5.83. The summed E-state index contributed by atoms with van der Waals surface area (Å²) >= 11 is 0. The third-order valence-corrected chi connectivity index (χ3v) is 4.61. The number of piperazine rings is 1. The van der Waals surface area contributed by atoms with Crippen molar-refractivity contribution in [3.05, 3.63) is 0 Å². The van der Waals surface area contributed by atoms with Gasteiger partial charge in [-0.3, -0.25) is 9.69 Å². The van der Waals surface area contributed by atoms with Crippen molar-refractivity contribution >= 4 is 12.0 Å². The highest BCUT2D eigenvalue weighted by molar-refractivity contribution is 5.77. The van der Waals surface area contributed by atoms with Gasteiger partial charge in [-0.05, 0) is 19.8 Å². The molecular formula is C14H25N3O3. The molecule has 0 aromatic carbocycles. The van der Waals surface area contributed by atoms with E-state index in [-0.39, 0.29) is 11.9 Å². The van der Waals surface area contributed by atoms with Gasteiger partial charge in [-0.15, -0.1) is 0 Å². The molecule has 1 N–H and O–H groups in total. The molecule has 6 nitrogen and oxygen atoms in total. The zero-order valence-electron chi connectivity index (χ0n) is 12.4. The fourth-order valence-corrected chi connectivity index (χ4v) is 2.95. The van der Waals surface area contributed by atoms with Crippen LogP contribution in [0, 0.1) is 5.92 Å². The summed E-state index contributed by atoms with van der Waals surface area (Å²) in [4.78, 5) is 29.3. The smallest absolute Gasteiger partial charge is 0.320 e. The molecule has 114 valence electrons. The minimum absolute atomic E-state index is 0.0116. The molecule has 0 bridgehead atoms. The standard InChI is InChI=1S/C14H25N3O3/c1-3-11(2)15-6-8-16(9-7-15)14(20)17-5-4-12(10-17)13(18)19/h11-12H,3-10H2,1-2H3,(H,18,19). The van der Waals surface area contributed by atoms with Gasteiger partial charge in [0.25, 0.3) is 0 Å². The van der Waals surface area contributed by atoms with Gasteiger partial charge in [0.1, 0.15) is 0 Å². The van der Waals surface area contributed by atoms with Crippen LogP contribution in [0.4, 0.5) is 4.79 Å². The summed E-state index contributed by atoms with van der Waals surface area (Å²) in [5.41, 5.74) is 0. The van der Waals surface area contributed by atoms with Crippen molar-refractivity contribution in [3.63, 3.8) is 0 Å². The average molecular weight is 283 g/mol. The first kappa shape index (κ1) is 15.1.